The van der Waals surface area contributed by atoms with Crippen LogP contribution in [0.4, 0.5) is 5.69 Å². The normalized spacial score (nSPS) is 10.7. The van der Waals surface area contributed by atoms with Crippen LogP contribution in [0, 0.1) is 17.0 Å². The maximum atomic E-state index is 12.0. The van der Waals surface area contributed by atoms with Gasteiger partial charge in [0.15, 0.2) is 5.75 Å². The van der Waals surface area contributed by atoms with E-state index in [4.69, 9.17) is 4.74 Å². The number of fused-ring (bicyclic) bond motifs is 1. The third kappa shape index (κ3) is 3.03. The minimum absolute atomic E-state index is 0.0233. The van der Waals surface area contributed by atoms with Gasteiger partial charge in [-0.3, -0.25) is 19.3 Å². The molecule has 0 saturated heterocycles. The molecule has 3 rings (SSSR count). The fourth-order valence-electron chi connectivity index (χ4n) is 2.22. The number of nitro benzene ring substituents is 1. The summed E-state index contributed by atoms with van der Waals surface area (Å²) < 4.78 is 6.91. The minimum Gasteiger partial charge on any atom is -0.480 e. The van der Waals surface area contributed by atoms with Crippen LogP contribution in [0.25, 0.3) is 5.65 Å². The average Bonchev–Trinajstić information content (AvgIpc) is 2.53. The predicted molar refractivity (Wildman–Crippen MR) is 83.6 cm³/mol. The van der Waals surface area contributed by atoms with Crippen LogP contribution in [0.2, 0.25) is 0 Å². The zero-order chi connectivity index (χ0) is 16.4. The number of aromatic nitrogens is 2. The number of nitrogens with zero attached hydrogens (tertiary/aromatic N) is 3. The highest BCUT2D eigenvalue weighted by atomic mass is 16.6. The fraction of sp³-hybridized carbons (Fsp3) is 0.125. The van der Waals surface area contributed by atoms with Crippen molar-refractivity contribution < 1.29 is 9.66 Å². The first-order chi connectivity index (χ1) is 11.0. The van der Waals surface area contributed by atoms with Crippen LogP contribution < -0.4 is 10.3 Å². The number of hydrogen-bond acceptors (Lipinski definition) is 5. The lowest BCUT2D eigenvalue weighted by Gasteiger charge is -2.08. The fourth-order valence-corrected chi connectivity index (χ4v) is 2.22. The van der Waals surface area contributed by atoms with Crippen molar-refractivity contribution in [3.8, 4) is 5.75 Å². The second-order valence-electron chi connectivity index (χ2n) is 5.03. The topological polar surface area (TPSA) is 86.7 Å². The average molecular weight is 311 g/mol. The Labute approximate surface area is 130 Å². The number of aryl methyl sites for hydroxylation is 1. The molecule has 2 heterocycles. The van der Waals surface area contributed by atoms with Gasteiger partial charge in [-0.2, -0.15) is 0 Å². The first-order valence-electron chi connectivity index (χ1n) is 6.90. The smallest absolute Gasteiger partial charge is 0.311 e. The lowest BCUT2D eigenvalue weighted by atomic mass is 10.2. The highest BCUT2D eigenvalue weighted by Crippen LogP contribution is 2.28. The van der Waals surface area contributed by atoms with Gasteiger partial charge in [0.2, 0.25) is 0 Å². The van der Waals surface area contributed by atoms with Gasteiger partial charge in [0.25, 0.3) is 5.56 Å². The molecule has 7 heteroatoms. The van der Waals surface area contributed by atoms with Crippen LogP contribution in [0.5, 0.6) is 5.75 Å². The Balaban J connectivity index is 1.90. The van der Waals surface area contributed by atoms with E-state index in [1.807, 2.05) is 0 Å². The van der Waals surface area contributed by atoms with E-state index in [2.05, 4.69) is 4.98 Å². The Kier molecular flexibility index (Phi) is 3.76. The highest BCUT2D eigenvalue weighted by molar-refractivity contribution is 5.48. The number of rotatable bonds is 4. The molecule has 23 heavy (non-hydrogen) atoms. The van der Waals surface area contributed by atoms with Gasteiger partial charge in [0, 0.05) is 18.3 Å². The largest absolute Gasteiger partial charge is 0.480 e. The molecule has 3 aromatic rings. The van der Waals surface area contributed by atoms with E-state index in [-0.39, 0.29) is 23.6 Å². The number of nitro groups is 1. The molecule has 0 N–H and O–H groups in total. The lowest BCUT2D eigenvalue weighted by molar-refractivity contribution is -0.386. The Morgan fingerprint density at radius 3 is 2.87 bits per heavy atom. The van der Waals surface area contributed by atoms with Gasteiger partial charge >= 0.3 is 5.69 Å². The van der Waals surface area contributed by atoms with E-state index < -0.39 is 4.92 Å². The van der Waals surface area contributed by atoms with Crippen LogP contribution >= 0.6 is 0 Å². The second-order valence-corrected chi connectivity index (χ2v) is 5.03. The summed E-state index contributed by atoms with van der Waals surface area (Å²) in [5.41, 5.74) is 1.34. The Bertz CT molecular complexity index is 949. The van der Waals surface area contributed by atoms with Crippen molar-refractivity contribution in [1.82, 2.24) is 9.38 Å². The molecule has 0 atom stereocenters. The molecule has 1 aromatic carbocycles. The quantitative estimate of drug-likeness (QED) is 0.545. The van der Waals surface area contributed by atoms with Crippen molar-refractivity contribution in [2.45, 2.75) is 13.5 Å². The van der Waals surface area contributed by atoms with Crippen LogP contribution in [0.15, 0.2) is 53.5 Å². The number of pyridine rings is 1. The van der Waals surface area contributed by atoms with Crippen LogP contribution in [0.1, 0.15) is 11.3 Å². The van der Waals surface area contributed by atoms with Gasteiger partial charge < -0.3 is 4.74 Å². The molecule has 0 spiro atoms. The molecule has 2 aromatic heterocycles. The van der Waals surface area contributed by atoms with Gasteiger partial charge in [0.05, 0.1) is 10.6 Å². The van der Waals surface area contributed by atoms with Crippen LogP contribution in [-0.2, 0) is 6.61 Å². The maximum Gasteiger partial charge on any atom is 0.311 e. The van der Waals surface area contributed by atoms with Crippen LogP contribution in [-0.4, -0.2) is 14.3 Å². The molecule has 0 amide bonds. The van der Waals surface area contributed by atoms with Gasteiger partial charge in [0.1, 0.15) is 12.3 Å². The van der Waals surface area contributed by atoms with Crippen molar-refractivity contribution >= 4 is 11.3 Å². The molecular weight excluding hydrogens is 298 g/mol. The van der Waals surface area contributed by atoms with Gasteiger partial charge in [-0.05, 0) is 30.7 Å². The minimum atomic E-state index is -0.495. The summed E-state index contributed by atoms with van der Waals surface area (Å²) in [6.45, 7) is 1.74. The molecule has 7 nitrogen and oxygen atoms in total. The molecule has 0 aliphatic rings. The number of benzene rings is 1. The number of hydrogen-bond donors (Lipinski definition) is 0. The monoisotopic (exact) mass is 311 g/mol. The summed E-state index contributed by atoms with van der Waals surface area (Å²) >= 11 is 0. The predicted octanol–water partition coefficient (Wildman–Crippen LogP) is 2.49. The maximum absolute atomic E-state index is 12.0. The van der Waals surface area contributed by atoms with E-state index in [9.17, 15) is 14.9 Å². The van der Waals surface area contributed by atoms with E-state index >= 15 is 0 Å². The first kappa shape index (κ1) is 14.7. The highest BCUT2D eigenvalue weighted by Gasteiger charge is 2.15. The zero-order valence-electron chi connectivity index (χ0n) is 12.3. The molecule has 0 radical (unpaired) electrons. The second kappa shape index (κ2) is 5.88. The summed E-state index contributed by atoms with van der Waals surface area (Å²) in [6, 6.07) is 11.3. The summed E-state index contributed by atoms with van der Waals surface area (Å²) in [4.78, 5) is 26.9. The van der Waals surface area contributed by atoms with E-state index in [1.54, 1.807) is 43.5 Å². The summed E-state index contributed by atoms with van der Waals surface area (Å²) in [5.74, 6) is 0.149. The molecule has 0 bridgehead atoms. The third-order valence-electron chi connectivity index (χ3n) is 3.31. The lowest BCUT2D eigenvalue weighted by Crippen LogP contribution is -2.16. The van der Waals surface area contributed by atoms with Crippen molar-refractivity contribution in [1.29, 1.82) is 0 Å². The SMILES string of the molecule is Cc1ccc(OCc2cc(=O)n3ccccc3n2)c([N+](=O)[O-])c1. The van der Waals surface area contributed by atoms with Crippen molar-refractivity contribution in [3.63, 3.8) is 0 Å². The van der Waals surface area contributed by atoms with E-state index in [0.717, 1.165) is 5.56 Å². The zero-order valence-corrected chi connectivity index (χ0v) is 12.3. The standard InChI is InChI=1S/C16H13N3O4/c1-11-5-6-14(13(8-11)19(21)22)23-10-12-9-16(20)18-7-3-2-4-15(18)17-12/h2-9H,10H2,1H3. The van der Waals surface area contributed by atoms with Crippen molar-refractivity contribution in [2.24, 2.45) is 0 Å². The Morgan fingerprint density at radius 2 is 2.09 bits per heavy atom. The molecule has 0 saturated carbocycles. The van der Waals surface area contributed by atoms with E-state index in [1.165, 1.54) is 16.5 Å². The molecule has 0 aliphatic carbocycles. The van der Waals surface area contributed by atoms with Crippen molar-refractivity contribution in [3.05, 3.63) is 80.4 Å². The molecule has 0 unspecified atom stereocenters. The van der Waals surface area contributed by atoms with Gasteiger partial charge in [-0.15, -0.1) is 0 Å². The number of ether oxygens (including phenoxy) is 1. The van der Waals surface area contributed by atoms with Gasteiger partial charge in [-0.1, -0.05) is 12.1 Å². The first-order valence-corrected chi connectivity index (χ1v) is 6.90. The summed E-state index contributed by atoms with van der Waals surface area (Å²) in [5, 5.41) is 11.1. The molecule has 116 valence electrons. The molecule has 0 fully saturated rings. The molecular formula is C16H13N3O4. The van der Waals surface area contributed by atoms with Gasteiger partial charge in [-0.25, -0.2) is 4.98 Å². The third-order valence-corrected chi connectivity index (χ3v) is 3.31. The Morgan fingerprint density at radius 1 is 1.26 bits per heavy atom. The summed E-state index contributed by atoms with van der Waals surface area (Å²) in [7, 11) is 0. The summed E-state index contributed by atoms with van der Waals surface area (Å²) in [6.07, 6.45) is 1.63. The van der Waals surface area contributed by atoms with Crippen molar-refractivity contribution in [2.75, 3.05) is 0 Å². The van der Waals surface area contributed by atoms with Crippen LogP contribution in [0.3, 0.4) is 0 Å². The Hall–Kier alpha value is -3.22. The molecule has 0 aliphatic heterocycles. The van der Waals surface area contributed by atoms with E-state index in [0.29, 0.717) is 11.3 Å².